The first kappa shape index (κ1) is 30.2. The second-order valence-corrected chi connectivity index (χ2v) is 12.0. The van der Waals surface area contributed by atoms with Gasteiger partial charge in [0.1, 0.15) is 17.7 Å². The van der Waals surface area contributed by atoms with E-state index in [2.05, 4.69) is 16.0 Å². The fourth-order valence-corrected chi connectivity index (χ4v) is 5.83. The molecule has 4 aliphatic rings. The minimum atomic E-state index is -0.997. The third kappa shape index (κ3) is 7.78. The Morgan fingerprint density at radius 1 is 0.976 bits per heavy atom. The van der Waals surface area contributed by atoms with E-state index < -0.39 is 35.5 Å². The molecule has 0 bridgehead atoms. The number of amides is 3. The molecular weight excluding hydrogens is 544 g/mol. The summed E-state index contributed by atoms with van der Waals surface area (Å²) in [5.74, 6) is 0.145. The minimum absolute atomic E-state index is 0.118. The molecule has 0 spiro atoms. The SMILES string of the molecule is C[C@H](NC(=O)CN1CCOCC1)C(=O)N[C@@H](Cc1ccc2c(c1)OCO2)C(=O)N[C@@H](CC1CCCC1)C(=O)[C@@]1(C)CO1. The Labute approximate surface area is 246 Å². The Balaban J connectivity index is 1.27. The number of ether oxygens (including phenoxy) is 4. The lowest BCUT2D eigenvalue weighted by molar-refractivity contribution is -0.134. The number of rotatable bonds is 13. The van der Waals surface area contributed by atoms with Gasteiger partial charge in [0.2, 0.25) is 24.5 Å². The zero-order valence-corrected chi connectivity index (χ0v) is 24.4. The first-order valence-electron chi connectivity index (χ1n) is 15.0. The zero-order valence-electron chi connectivity index (χ0n) is 24.4. The number of hydrogen-bond donors (Lipinski definition) is 3. The van der Waals surface area contributed by atoms with Crippen molar-refractivity contribution in [3.05, 3.63) is 23.8 Å². The van der Waals surface area contributed by atoms with E-state index in [0.717, 1.165) is 31.2 Å². The summed E-state index contributed by atoms with van der Waals surface area (Å²) in [5, 5.41) is 8.51. The average molecular weight is 587 g/mol. The van der Waals surface area contributed by atoms with Gasteiger partial charge in [-0.1, -0.05) is 31.7 Å². The van der Waals surface area contributed by atoms with Crippen LogP contribution in [0.1, 0.15) is 51.5 Å². The van der Waals surface area contributed by atoms with Crippen LogP contribution < -0.4 is 25.4 Å². The third-order valence-electron chi connectivity index (χ3n) is 8.53. The number of nitrogens with one attached hydrogen (secondary N) is 3. The van der Waals surface area contributed by atoms with Gasteiger partial charge < -0.3 is 34.9 Å². The maximum absolute atomic E-state index is 13.8. The highest BCUT2D eigenvalue weighted by atomic mass is 16.7. The van der Waals surface area contributed by atoms with Crippen LogP contribution in [0.15, 0.2) is 18.2 Å². The molecule has 2 saturated heterocycles. The van der Waals surface area contributed by atoms with Crippen LogP contribution in [0.2, 0.25) is 0 Å². The van der Waals surface area contributed by atoms with Crippen LogP contribution >= 0.6 is 0 Å². The number of fused-ring (bicyclic) bond motifs is 1. The quantitative estimate of drug-likeness (QED) is 0.284. The number of epoxide rings is 1. The maximum atomic E-state index is 13.8. The second kappa shape index (κ2) is 13.4. The van der Waals surface area contributed by atoms with Crippen molar-refractivity contribution in [3.63, 3.8) is 0 Å². The summed E-state index contributed by atoms with van der Waals surface area (Å²) in [6.07, 6.45) is 4.98. The predicted molar refractivity (Wildman–Crippen MR) is 151 cm³/mol. The Kier molecular flexibility index (Phi) is 9.64. The lowest BCUT2D eigenvalue weighted by Crippen LogP contribution is -2.57. The first-order valence-corrected chi connectivity index (χ1v) is 15.0. The molecule has 3 heterocycles. The number of carbonyl (C=O) groups excluding carboxylic acids is 4. The Bertz CT molecular complexity index is 1160. The van der Waals surface area contributed by atoms with Crippen molar-refractivity contribution in [2.24, 2.45) is 5.92 Å². The third-order valence-corrected chi connectivity index (χ3v) is 8.53. The molecule has 3 aliphatic heterocycles. The number of ketones is 1. The summed E-state index contributed by atoms with van der Waals surface area (Å²) >= 11 is 0. The van der Waals surface area contributed by atoms with Crippen molar-refractivity contribution in [1.82, 2.24) is 20.9 Å². The Morgan fingerprint density at radius 2 is 1.67 bits per heavy atom. The summed E-state index contributed by atoms with van der Waals surface area (Å²) in [7, 11) is 0. The zero-order chi connectivity index (χ0) is 29.7. The predicted octanol–water partition coefficient (Wildman–Crippen LogP) is 0.703. The van der Waals surface area contributed by atoms with Gasteiger partial charge in [0.25, 0.3) is 0 Å². The summed E-state index contributed by atoms with van der Waals surface area (Å²) in [6, 6.07) is 2.77. The van der Waals surface area contributed by atoms with Gasteiger partial charge in [0, 0.05) is 19.5 Å². The number of Topliss-reactive ketones (excluding diaryl/α,β-unsaturated/α-hetero) is 1. The van der Waals surface area contributed by atoms with Gasteiger partial charge in [-0.25, -0.2) is 0 Å². The highest BCUT2D eigenvalue weighted by Crippen LogP contribution is 2.34. The molecule has 5 rings (SSSR count). The van der Waals surface area contributed by atoms with E-state index in [1.54, 1.807) is 26.0 Å². The number of nitrogens with zero attached hydrogens (tertiary/aromatic N) is 1. The molecule has 1 saturated carbocycles. The fraction of sp³-hybridized carbons (Fsp3) is 0.667. The molecule has 1 aromatic carbocycles. The molecule has 3 fully saturated rings. The van der Waals surface area contributed by atoms with Crippen LogP contribution in [-0.4, -0.2) is 98.4 Å². The van der Waals surface area contributed by atoms with Crippen LogP contribution in [0.3, 0.4) is 0 Å². The van der Waals surface area contributed by atoms with E-state index in [9.17, 15) is 19.2 Å². The van der Waals surface area contributed by atoms with Gasteiger partial charge in [-0.2, -0.15) is 0 Å². The van der Waals surface area contributed by atoms with E-state index in [1.807, 2.05) is 11.0 Å². The van der Waals surface area contributed by atoms with Gasteiger partial charge in [0.05, 0.1) is 32.4 Å². The normalized spacial score (nSPS) is 24.0. The molecule has 4 atom stereocenters. The molecule has 1 aromatic rings. The minimum Gasteiger partial charge on any atom is -0.454 e. The van der Waals surface area contributed by atoms with E-state index in [4.69, 9.17) is 18.9 Å². The van der Waals surface area contributed by atoms with Crippen LogP contribution in [0.4, 0.5) is 0 Å². The molecule has 3 N–H and O–H groups in total. The summed E-state index contributed by atoms with van der Waals surface area (Å²) in [5.41, 5.74) is -0.133. The van der Waals surface area contributed by atoms with Crippen LogP contribution in [-0.2, 0) is 35.1 Å². The lowest BCUT2D eigenvalue weighted by atomic mass is 9.90. The van der Waals surface area contributed by atoms with Crippen LogP contribution in [0, 0.1) is 5.92 Å². The summed E-state index contributed by atoms with van der Waals surface area (Å²) < 4.78 is 21.6. The van der Waals surface area contributed by atoms with Crippen molar-refractivity contribution in [1.29, 1.82) is 0 Å². The second-order valence-electron chi connectivity index (χ2n) is 12.0. The summed E-state index contributed by atoms with van der Waals surface area (Å²) in [4.78, 5) is 55.0. The molecule has 12 heteroatoms. The molecular formula is C30H42N4O8. The molecule has 0 unspecified atom stereocenters. The fourth-order valence-electron chi connectivity index (χ4n) is 5.83. The lowest BCUT2D eigenvalue weighted by Gasteiger charge is -2.27. The summed E-state index contributed by atoms with van der Waals surface area (Å²) in [6.45, 7) is 6.37. The molecule has 12 nitrogen and oxygen atoms in total. The molecule has 230 valence electrons. The Hall–Kier alpha value is -3.22. The van der Waals surface area contributed by atoms with Gasteiger partial charge >= 0.3 is 0 Å². The standard InChI is InChI=1S/C30H42N4O8/c1-19(31-26(35)16-34-9-11-39-12-10-34)28(37)33-23(14-21-7-8-24-25(15-21)41-18-40-24)29(38)32-22(13-20-5-3-4-6-20)27(36)30(2)17-42-30/h7-8,15,19-20,22-23H,3-6,9-14,16-18H2,1-2H3,(H,31,35)(H,32,38)(H,33,37)/t19-,22-,23-,30+/m0/s1. The van der Waals surface area contributed by atoms with E-state index in [-0.39, 0.29) is 31.4 Å². The molecule has 42 heavy (non-hydrogen) atoms. The molecule has 3 amide bonds. The number of benzene rings is 1. The van der Waals surface area contributed by atoms with E-state index in [0.29, 0.717) is 56.7 Å². The molecule has 0 aromatic heterocycles. The first-order chi connectivity index (χ1) is 20.2. The van der Waals surface area contributed by atoms with Crippen molar-refractivity contribution < 1.29 is 38.1 Å². The van der Waals surface area contributed by atoms with E-state index >= 15 is 0 Å². The monoisotopic (exact) mass is 586 g/mol. The average Bonchev–Trinajstić information content (AvgIpc) is 3.32. The number of carbonyl (C=O) groups is 4. The van der Waals surface area contributed by atoms with E-state index in [1.165, 1.54) is 0 Å². The van der Waals surface area contributed by atoms with Crippen molar-refractivity contribution in [3.8, 4) is 11.5 Å². The van der Waals surface area contributed by atoms with Crippen molar-refractivity contribution in [2.45, 2.75) is 76.1 Å². The van der Waals surface area contributed by atoms with Crippen LogP contribution in [0.5, 0.6) is 11.5 Å². The Morgan fingerprint density at radius 3 is 2.38 bits per heavy atom. The van der Waals surface area contributed by atoms with Gasteiger partial charge in [0.15, 0.2) is 17.3 Å². The molecule has 1 aliphatic carbocycles. The smallest absolute Gasteiger partial charge is 0.243 e. The molecule has 0 radical (unpaired) electrons. The van der Waals surface area contributed by atoms with Gasteiger partial charge in [-0.15, -0.1) is 0 Å². The van der Waals surface area contributed by atoms with Gasteiger partial charge in [-0.05, 0) is 43.9 Å². The highest BCUT2D eigenvalue weighted by Gasteiger charge is 2.50. The topological polar surface area (TPSA) is 148 Å². The van der Waals surface area contributed by atoms with Crippen molar-refractivity contribution in [2.75, 3.05) is 46.2 Å². The van der Waals surface area contributed by atoms with Gasteiger partial charge in [-0.3, -0.25) is 24.1 Å². The maximum Gasteiger partial charge on any atom is 0.243 e. The largest absolute Gasteiger partial charge is 0.454 e. The van der Waals surface area contributed by atoms with Crippen molar-refractivity contribution >= 4 is 23.5 Å². The number of morpholine rings is 1. The van der Waals surface area contributed by atoms with Crippen LogP contribution in [0.25, 0.3) is 0 Å². The number of hydrogen-bond acceptors (Lipinski definition) is 9. The highest BCUT2D eigenvalue weighted by molar-refractivity contribution is 5.98.